The van der Waals surface area contributed by atoms with Crippen LogP contribution in [-0.4, -0.2) is 60.0 Å². The Morgan fingerprint density at radius 3 is 2.45 bits per heavy atom. The summed E-state index contributed by atoms with van der Waals surface area (Å²) in [4.78, 5) is 26.0. The number of likely N-dealkylation sites (N-methyl/N-ethyl adjacent to an activating group) is 1. The largest absolute Gasteiger partial charge is 0.369 e. The van der Waals surface area contributed by atoms with E-state index in [1.807, 2.05) is 12.1 Å². The molecule has 1 aromatic heterocycles. The molecule has 2 fully saturated rings. The molecule has 0 atom stereocenters. The summed E-state index contributed by atoms with van der Waals surface area (Å²) in [5.74, 6) is 0.321. The summed E-state index contributed by atoms with van der Waals surface area (Å²) in [6, 6.07) is 10.1. The van der Waals surface area contributed by atoms with E-state index in [1.54, 1.807) is 12.3 Å². The summed E-state index contributed by atoms with van der Waals surface area (Å²) in [6.07, 6.45) is 7.70. The molecule has 1 saturated heterocycles. The number of rotatable bonds is 5. The molecule has 1 amide bonds. The van der Waals surface area contributed by atoms with E-state index in [1.165, 1.54) is 24.9 Å². The highest BCUT2D eigenvalue weighted by Crippen LogP contribution is 2.21. The number of hydrogen-bond acceptors (Lipinski definition) is 6. The standard InChI is InChI=1S/C22H30N6O/c1-27-13-15-28(16-14-27)19-9-7-18(8-10-19)24-21(29)20-11-12-23-22(26-20)25-17-5-3-2-4-6-17/h7-12,17H,2-6,13-16H2,1H3,(H,24,29)(H,23,25,26). The van der Waals surface area contributed by atoms with Crippen molar-refractivity contribution in [1.29, 1.82) is 0 Å². The quantitative estimate of drug-likeness (QED) is 0.811. The SMILES string of the molecule is CN1CCN(c2ccc(NC(=O)c3ccnc(NC4CCCCC4)n3)cc2)CC1. The van der Waals surface area contributed by atoms with Crippen LogP contribution in [0.3, 0.4) is 0 Å². The zero-order valence-electron chi connectivity index (χ0n) is 17.1. The topological polar surface area (TPSA) is 73.4 Å². The maximum Gasteiger partial charge on any atom is 0.274 e. The molecule has 1 aliphatic heterocycles. The van der Waals surface area contributed by atoms with Crippen LogP contribution in [0, 0.1) is 0 Å². The molecule has 7 nitrogen and oxygen atoms in total. The first-order valence-corrected chi connectivity index (χ1v) is 10.6. The van der Waals surface area contributed by atoms with Crippen LogP contribution in [0.25, 0.3) is 0 Å². The molecule has 154 valence electrons. The van der Waals surface area contributed by atoms with Crippen LogP contribution < -0.4 is 15.5 Å². The van der Waals surface area contributed by atoms with E-state index in [-0.39, 0.29) is 5.91 Å². The monoisotopic (exact) mass is 394 g/mol. The molecular weight excluding hydrogens is 364 g/mol. The molecule has 4 rings (SSSR count). The van der Waals surface area contributed by atoms with Crippen molar-refractivity contribution in [2.75, 3.05) is 48.8 Å². The molecule has 2 N–H and O–H groups in total. The number of benzene rings is 1. The van der Waals surface area contributed by atoms with Crippen molar-refractivity contribution in [3.63, 3.8) is 0 Å². The van der Waals surface area contributed by atoms with Gasteiger partial charge >= 0.3 is 0 Å². The first kappa shape index (κ1) is 19.6. The molecule has 1 saturated carbocycles. The molecule has 2 aliphatic rings. The van der Waals surface area contributed by atoms with Crippen molar-refractivity contribution < 1.29 is 4.79 Å². The van der Waals surface area contributed by atoms with E-state index in [4.69, 9.17) is 0 Å². The van der Waals surface area contributed by atoms with Gasteiger partial charge in [-0.15, -0.1) is 0 Å². The van der Waals surface area contributed by atoms with E-state index < -0.39 is 0 Å². The van der Waals surface area contributed by atoms with Crippen LogP contribution in [0.4, 0.5) is 17.3 Å². The highest BCUT2D eigenvalue weighted by Gasteiger charge is 2.16. The molecule has 29 heavy (non-hydrogen) atoms. The summed E-state index contributed by atoms with van der Waals surface area (Å²) in [5, 5.41) is 6.32. The molecule has 0 bridgehead atoms. The van der Waals surface area contributed by atoms with E-state index in [0.717, 1.165) is 44.7 Å². The van der Waals surface area contributed by atoms with Crippen LogP contribution in [0.5, 0.6) is 0 Å². The second-order valence-electron chi connectivity index (χ2n) is 8.04. The van der Waals surface area contributed by atoms with Crippen LogP contribution in [0.15, 0.2) is 36.5 Å². The zero-order valence-corrected chi connectivity index (χ0v) is 17.1. The Morgan fingerprint density at radius 2 is 1.72 bits per heavy atom. The number of aromatic nitrogens is 2. The second-order valence-corrected chi connectivity index (χ2v) is 8.04. The fourth-order valence-corrected chi connectivity index (χ4v) is 4.00. The lowest BCUT2D eigenvalue weighted by Gasteiger charge is -2.34. The summed E-state index contributed by atoms with van der Waals surface area (Å²) < 4.78 is 0. The van der Waals surface area contributed by atoms with Gasteiger partial charge in [0.1, 0.15) is 5.69 Å². The second kappa shape index (κ2) is 9.22. The number of nitrogens with one attached hydrogen (secondary N) is 2. The van der Waals surface area contributed by atoms with Gasteiger partial charge in [0.25, 0.3) is 5.91 Å². The Balaban J connectivity index is 1.35. The van der Waals surface area contributed by atoms with Gasteiger partial charge in [0.2, 0.25) is 5.95 Å². The zero-order chi connectivity index (χ0) is 20.1. The predicted octanol–water partition coefficient (Wildman–Crippen LogP) is 3.23. The van der Waals surface area contributed by atoms with Crippen LogP contribution in [0.1, 0.15) is 42.6 Å². The van der Waals surface area contributed by atoms with Crippen molar-refractivity contribution >= 4 is 23.2 Å². The third-order valence-electron chi connectivity index (χ3n) is 5.82. The van der Waals surface area contributed by atoms with Gasteiger partial charge in [-0.2, -0.15) is 0 Å². The molecule has 1 aromatic carbocycles. The fraction of sp³-hybridized carbons (Fsp3) is 0.500. The van der Waals surface area contributed by atoms with E-state index in [9.17, 15) is 4.79 Å². The van der Waals surface area contributed by atoms with Gasteiger partial charge in [-0.1, -0.05) is 19.3 Å². The normalized spacial score (nSPS) is 18.4. The van der Waals surface area contributed by atoms with E-state index in [2.05, 4.69) is 49.6 Å². The smallest absolute Gasteiger partial charge is 0.274 e. The average Bonchev–Trinajstić information content (AvgIpc) is 2.76. The van der Waals surface area contributed by atoms with E-state index >= 15 is 0 Å². The molecule has 0 spiro atoms. The lowest BCUT2D eigenvalue weighted by Crippen LogP contribution is -2.44. The molecule has 0 radical (unpaired) electrons. The lowest BCUT2D eigenvalue weighted by molar-refractivity contribution is 0.102. The number of piperazine rings is 1. The number of carbonyl (C=O) groups excluding carboxylic acids is 1. The average molecular weight is 395 g/mol. The van der Waals surface area contributed by atoms with Gasteiger partial charge in [0.05, 0.1) is 0 Å². The van der Waals surface area contributed by atoms with Gasteiger partial charge < -0.3 is 20.4 Å². The van der Waals surface area contributed by atoms with Crippen LogP contribution in [-0.2, 0) is 0 Å². The fourth-order valence-electron chi connectivity index (χ4n) is 4.00. The molecular formula is C22H30N6O. The minimum absolute atomic E-state index is 0.216. The molecule has 0 unspecified atom stereocenters. The number of carbonyl (C=O) groups is 1. The minimum Gasteiger partial charge on any atom is -0.369 e. The number of nitrogens with zero attached hydrogens (tertiary/aromatic N) is 4. The first-order chi connectivity index (χ1) is 14.2. The van der Waals surface area contributed by atoms with Gasteiger partial charge in [-0.3, -0.25) is 4.79 Å². The Bertz CT molecular complexity index is 810. The molecule has 2 heterocycles. The van der Waals surface area contributed by atoms with Crippen molar-refractivity contribution in [2.45, 2.75) is 38.1 Å². The number of amides is 1. The highest BCUT2D eigenvalue weighted by molar-refractivity contribution is 6.03. The van der Waals surface area contributed by atoms with Gasteiger partial charge in [-0.05, 0) is 50.2 Å². The molecule has 7 heteroatoms. The number of hydrogen-bond donors (Lipinski definition) is 2. The Hall–Kier alpha value is -2.67. The van der Waals surface area contributed by atoms with Crippen LogP contribution in [0.2, 0.25) is 0 Å². The van der Waals surface area contributed by atoms with Crippen molar-refractivity contribution in [3.8, 4) is 0 Å². The molecule has 2 aromatic rings. The van der Waals surface area contributed by atoms with Gasteiger partial charge in [0, 0.05) is 49.8 Å². The van der Waals surface area contributed by atoms with Gasteiger partial charge in [-0.25, -0.2) is 9.97 Å². The van der Waals surface area contributed by atoms with Crippen LogP contribution >= 0.6 is 0 Å². The maximum absolute atomic E-state index is 12.6. The Labute approximate surface area is 172 Å². The molecule has 1 aliphatic carbocycles. The van der Waals surface area contributed by atoms with Crippen molar-refractivity contribution in [3.05, 3.63) is 42.2 Å². The van der Waals surface area contributed by atoms with Crippen molar-refractivity contribution in [1.82, 2.24) is 14.9 Å². The summed E-state index contributed by atoms with van der Waals surface area (Å²) in [6.45, 7) is 4.20. The summed E-state index contributed by atoms with van der Waals surface area (Å²) in [7, 11) is 2.15. The first-order valence-electron chi connectivity index (χ1n) is 10.6. The van der Waals surface area contributed by atoms with Gasteiger partial charge in [0.15, 0.2) is 0 Å². The summed E-state index contributed by atoms with van der Waals surface area (Å²) in [5.41, 5.74) is 2.34. The minimum atomic E-state index is -0.216. The number of anilines is 3. The maximum atomic E-state index is 12.6. The third kappa shape index (κ3) is 5.23. The predicted molar refractivity (Wildman–Crippen MR) is 117 cm³/mol. The lowest BCUT2D eigenvalue weighted by atomic mass is 9.96. The third-order valence-corrected chi connectivity index (χ3v) is 5.82. The Morgan fingerprint density at radius 1 is 1.00 bits per heavy atom. The highest BCUT2D eigenvalue weighted by atomic mass is 16.1. The van der Waals surface area contributed by atoms with Crippen molar-refractivity contribution in [2.24, 2.45) is 0 Å². The van der Waals surface area contributed by atoms with E-state index in [0.29, 0.717) is 17.7 Å². The summed E-state index contributed by atoms with van der Waals surface area (Å²) >= 11 is 0. The Kier molecular flexibility index (Phi) is 6.24.